The first kappa shape index (κ1) is 11.5. The van der Waals surface area contributed by atoms with Crippen molar-refractivity contribution in [2.45, 2.75) is 12.3 Å². The third-order valence-electron chi connectivity index (χ3n) is 1.60. The number of hydrogen-bond donors (Lipinski definition) is 0. The summed E-state index contributed by atoms with van der Waals surface area (Å²) in [5, 5.41) is 0. The second-order valence-electron chi connectivity index (χ2n) is 2.46. The van der Waals surface area contributed by atoms with E-state index in [9.17, 15) is 13.6 Å². The SMILES string of the molecule is O=Cc1cc(C(F)F)c(Br)nc1CCl. The van der Waals surface area contributed by atoms with E-state index in [4.69, 9.17) is 11.6 Å². The summed E-state index contributed by atoms with van der Waals surface area (Å²) in [6.07, 6.45) is -2.21. The van der Waals surface area contributed by atoms with E-state index in [2.05, 4.69) is 20.9 Å². The maximum absolute atomic E-state index is 12.4. The molecule has 0 aliphatic heterocycles. The summed E-state index contributed by atoms with van der Waals surface area (Å²) >= 11 is 8.37. The van der Waals surface area contributed by atoms with Gasteiger partial charge in [-0.2, -0.15) is 0 Å². The molecule has 0 saturated carbocycles. The lowest BCUT2D eigenvalue weighted by molar-refractivity contribution is 0.112. The first-order chi connectivity index (χ1) is 6.60. The minimum absolute atomic E-state index is 0.0101. The van der Waals surface area contributed by atoms with Crippen molar-refractivity contribution in [1.82, 2.24) is 4.98 Å². The molecule has 0 aliphatic rings. The quantitative estimate of drug-likeness (QED) is 0.484. The molecule has 1 aromatic heterocycles. The van der Waals surface area contributed by atoms with Crippen molar-refractivity contribution in [3.63, 3.8) is 0 Å². The molecule has 0 spiro atoms. The van der Waals surface area contributed by atoms with Crippen molar-refractivity contribution in [3.05, 3.63) is 27.5 Å². The topological polar surface area (TPSA) is 30.0 Å². The number of rotatable bonds is 3. The Bertz CT molecular complexity index is 359. The third-order valence-corrected chi connectivity index (χ3v) is 2.49. The molecule has 6 heteroatoms. The Balaban J connectivity index is 3.30. The Morgan fingerprint density at radius 3 is 2.71 bits per heavy atom. The second kappa shape index (κ2) is 4.79. The van der Waals surface area contributed by atoms with Gasteiger partial charge >= 0.3 is 0 Å². The Morgan fingerprint density at radius 2 is 2.29 bits per heavy atom. The zero-order chi connectivity index (χ0) is 10.7. The van der Waals surface area contributed by atoms with Crippen LogP contribution in [0.4, 0.5) is 8.78 Å². The largest absolute Gasteiger partial charge is 0.298 e. The van der Waals surface area contributed by atoms with Crippen LogP contribution >= 0.6 is 27.5 Å². The van der Waals surface area contributed by atoms with Gasteiger partial charge in [-0.1, -0.05) is 0 Å². The number of carbonyl (C=O) groups excluding carboxylic acids is 1. The number of pyridine rings is 1. The highest BCUT2D eigenvalue weighted by Crippen LogP contribution is 2.27. The molecule has 76 valence electrons. The predicted molar refractivity (Wildman–Crippen MR) is 51.8 cm³/mol. The first-order valence-electron chi connectivity index (χ1n) is 3.58. The normalized spacial score (nSPS) is 10.6. The molecule has 14 heavy (non-hydrogen) atoms. The fourth-order valence-electron chi connectivity index (χ4n) is 0.920. The summed E-state index contributed by atoms with van der Waals surface area (Å²) in [4.78, 5) is 14.3. The fraction of sp³-hybridized carbons (Fsp3) is 0.250. The number of nitrogens with zero attached hydrogens (tertiary/aromatic N) is 1. The standard InChI is InChI=1S/C8H5BrClF2NO/c9-7-5(8(11)12)1-4(3-14)6(2-10)13-7/h1,3,8H,2H2. The molecular weight excluding hydrogens is 279 g/mol. The minimum atomic E-state index is -2.67. The Kier molecular flexibility index (Phi) is 3.95. The van der Waals surface area contributed by atoms with Crippen molar-refractivity contribution >= 4 is 33.8 Å². The van der Waals surface area contributed by atoms with Gasteiger partial charge in [-0.3, -0.25) is 4.79 Å². The lowest BCUT2D eigenvalue weighted by Gasteiger charge is -2.06. The molecule has 0 N–H and O–H groups in total. The molecule has 1 aromatic rings. The van der Waals surface area contributed by atoms with Gasteiger partial charge in [0.25, 0.3) is 6.43 Å². The number of carbonyl (C=O) groups is 1. The summed E-state index contributed by atoms with van der Waals surface area (Å²) in [6.45, 7) is 0. The first-order valence-corrected chi connectivity index (χ1v) is 4.91. The summed E-state index contributed by atoms with van der Waals surface area (Å²) in [5.41, 5.74) is 0.0809. The highest BCUT2D eigenvalue weighted by atomic mass is 79.9. The predicted octanol–water partition coefficient (Wildman–Crippen LogP) is 3.33. The number of halogens is 4. The van der Waals surface area contributed by atoms with Gasteiger partial charge in [0.15, 0.2) is 6.29 Å². The average molecular weight is 284 g/mol. The number of hydrogen-bond acceptors (Lipinski definition) is 2. The monoisotopic (exact) mass is 283 g/mol. The summed E-state index contributed by atoms with van der Waals surface area (Å²) in [7, 11) is 0. The maximum atomic E-state index is 12.4. The van der Waals surface area contributed by atoms with E-state index in [1.54, 1.807) is 0 Å². The van der Waals surface area contributed by atoms with E-state index in [0.29, 0.717) is 6.29 Å². The lowest BCUT2D eigenvalue weighted by Crippen LogP contribution is -1.99. The van der Waals surface area contributed by atoms with Gasteiger partial charge in [-0.15, -0.1) is 11.6 Å². The van der Waals surface area contributed by atoms with Gasteiger partial charge in [0.2, 0.25) is 0 Å². The van der Waals surface area contributed by atoms with E-state index in [1.807, 2.05) is 0 Å². The van der Waals surface area contributed by atoms with E-state index >= 15 is 0 Å². The van der Waals surface area contributed by atoms with E-state index in [0.717, 1.165) is 6.07 Å². The molecule has 2 nitrogen and oxygen atoms in total. The van der Waals surface area contributed by atoms with Gasteiger partial charge in [0.1, 0.15) is 4.60 Å². The van der Waals surface area contributed by atoms with Crippen LogP contribution in [0.3, 0.4) is 0 Å². The van der Waals surface area contributed by atoms with Crippen LogP contribution in [0, 0.1) is 0 Å². The molecule has 1 rings (SSSR count). The third kappa shape index (κ3) is 2.27. The molecule has 0 bridgehead atoms. The molecule has 0 radical (unpaired) electrons. The summed E-state index contributed by atoms with van der Waals surface area (Å²) in [6, 6.07) is 1.09. The van der Waals surface area contributed by atoms with Gasteiger partial charge in [-0.25, -0.2) is 13.8 Å². The van der Waals surface area contributed by atoms with Crippen molar-refractivity contribution < 1.29 is 13.6 Å². The molecule has 0 aliphatic carbocycles. The number of aldehydes is 1. The van der Waals surface area contributed by atoms with Crippen LogP contribution in [-0.2, 0) is 5.88 Å². The van der Waals surface area contributed by atoms with Crippen LogP contribution in [0.2, 0.25) is 0 Å². The van der Waals surface area contributed by atoms with E-state index in [1.165, 1.54) is 0 Å². The maximum Gasteiger partial charge on any atom is 0.266 e. The Morgan fingerprint density at radius 1 is 1.64 bits per heavy atom. The zero-order valence-corrected chi connectivity index (χ0v) is 9.15. The smallest absolute Gasteiger partial charge is 0.266 e. The molecule has 0 fully saturated rings. The Labute approximate surface area is 92.4 Å². The van der Waals surface area contributed by atoms with Crippen LogP contribution in [0.1, 0.15) is 28.0 Å². The van der Waals surface area contributed by atoms with E-state index < -0.39 is 6.43 Å². The van der Waals surface area contributed by atoms with Crippen LogP contribution < -0.4 is 0 Å². The molecule has 0 aromatic carbocycles. The van der Waals surface area contributed by atoms with Crippen LogP contribution in [0.5, 0.6) is 0 Å². The van der Waals surface area contributed by atoms with Crippen LogP contribution in [-0.4, -0.2) is 11.3 Å². The van der Waals surface area contributed by atoms with Crippen LogP contribution in [0.25, 0.3) is 0 Å². The molecule has 1 heterocycles. The van der Waals surface area contributed by atoms with E-state index in [-0.39, 0.29) is 27.3 Å². The highest BCUT2D eigenvalue weighted by Gasteiger charge is 2.16. The molecule has 0 amide bonds. The average Bonchev–Trinajstić information content (AvgIpc) is 2.16. The minimum Gasteiger partial charge on any atom is -0.298 e. The molecule has 0 atom stereocenters. The number of alkyl halides is 3. The highest BCUT2D eigenvalue weighted by molar-refractivity contribution is 9.10. The molecular formula is C8H5BrClF2NO. The fourth-order valence-corrected chi connectivity index (χ4v) is 1.64. The van der Waals surface area contributed by atoms with Gasteiger partial charge in [-0.05, 0) is 22.0 Å². The van der Waals surface area contributed by atoms with Gasteiger partial charge in [0, 0.05) is 5.56 Å². The van der Waals surface area contributed by atoms with Crippen molar-refractivity contribution in [2.75, 3.05) is 0 Å². The van der Waals surface area contributed by atoms with Crippen LogP contribution in [0.15, 0.2) is 10.7 Å². The van der Waals surface area contributed by atoms with Crippen molar-refractivity contribution in [3.8, 4) is 0 Å². The zero-order valence-electron chi connectivity index (χ0n) is 6.81. The van der Waals surface area contributed by atoms with Gasteiger partial charge < -0.3 is 0 Å². The van der Waals surface area contributed by atoms with Crippen molar-refractivity contribution in [2.24, 2.45) is 0 Å². The summed E-state index contributed by atoms with van der Waals surface area (Å²) in [5.74, 6) is 0.0101. The number of aromatic nitrogens is 1. The summed E-state index contributed by atoms with van der Waals surface area (Å²) < 4.78 is 24.7. The Hall–Kier alpha value is -0.550. The molecule has 0 saturated heterocycles. The second-order valence-corrected chi connectivity index (χ2v) is 3.47. The molecule has 0 unspecified atom stereocenters. The lowest BCUT2D eigenvalue weighted by atomic mass is 10.1. The van der Waals surface area contributed by atoms with Gasteiger partial charge in [0.05, 0.1) is 17.1 Å². The van der Waals surface area contributed by atoms with Crippen molar-refractivity contribution in [1.29, 1.82) is 0 Å².